The third-order valence-corrected chi connectivity index (χ3v) is 6.06. The Hall–Kier alpha value is -4.46. The van der Waals surface area contributed by atoms with Crippen LogP contribution in [0.2, 0.25) is 0 Å². The molecule has 0 fully saturated rings. The first-order valence-corrected chi connectivity index (χ1v) is 11.5. The van der Waals surface area contributed by atoms with E-state index in [2.05, 4.69) is 5.32 Å². The summed E-state index contributed by atoms with van der Waals surface area (Å²) in [4.78, 5) is 18.1. The Morgan fingerprint density at radius 2 is 1.67 bits per heavy atom. The molecule has 2 heterocycles. The molecule has 5 rings (SSSR count). The molecule has 0 atom stereocenters. The average Bonchev–Trinajstić information content (AvgIpc) is 3.39. The topological polar surface area (TPSA) is 88.1 Å². The fourth-order valence-corrected chi connectivity index (χ4v) is 4.25. The molecule has 0 spiro atoms. The van der Waals surface area contributed by atoms with E-state index in [1.165, 1.54) is 0 Å². The molecule has 0 radical (unpaired) electrons. The van der Waals surface area contributed by atoms with Gasteiger partial charge in [-0.3, -0.25) is 4.79 Å². The van der Waals surface area contributed by atoms with Crippen molar-refractivity contribution < 1.29 is 28.5 Å². The number of methoxy groups -OCH3 is 3. The molecule has 36 heavy (non-hydrogen) atoms. The minimum atomic E-state index is -0.178. The molecule has 1 aliphatic heterocycles. The first-order chi connectivity index (χ1) is 17.6. The van der Waals surface area contributed by atoms with Crippen LogP contribution in [0.15, 0.2) is 60.7 Å². The number of fused-ring (bicyclic) bond motifs is 2. The second kappa shape index (κ2) is 10.0. The number of ether oxygens (including phenoxy) is 5. The number of hydrogen-bond donors (Lipinski definition) is 1. The molecule has 0 saturated carbocycles. The lowest BCUT2D eigenvalue weighted by atomic mass is 10.0. The number of para-hydroxylation sites is 1. The number of carbonyl (C=O) groups excluding carboxylic acids is 1. The van der Waals surface area contributed by atoms with E-state index in [0.717, 1.165) is 28.0 Å². The molecule has 1 N–H and O–H groups in total. The summed E-state index contributed by atoms with van der Waals surface area (Å²) in [5.74, 6) is 2.81. The van der Waals surface area contributed by atoms with Gasteiger partial charge in [0.15, 0.2) is 23.0 Å². The van der Waals surface area contributed by atoms with E-state index >= 15 is 0 Å². The molecule has 184 valence electrons. The number of carbonyl (C=O) groups is 1. The lowest BCUT2D eigenvalue weighted by Crippen LogP contribution is -2.26. The normalized spacial score (nSPS) is 11.9. The van der Waals surface area contributed by atoms with Crippen LogP contribution in [0.5, 0.6) is 28.7 Å². The van der Waals surface area contributed by atoms with Gasteiger partial charge in [0.25, 0.3) is 5.91 Å². The predicted octanol–water partition coefficient (Wildman–Crippen LogP) is 4.63. The number of rotatable bonds is 8. The van der Waals surface area contributed by atoms with Gasteiger partial charge in [-0.05, 0) is 48.4 Å². The maximum atomic E-state index is 13.3. The highest BCUT2D eigenvalue weighted by atomic mass is 16.7. The van der Waals surface area contributed by atoms with Crippen molar-refractivity contribution in [2.75, 3.05) is 34.7 Å². The average molecular weight is 487 g/mol. The van der Waals surface area contributed by atoms with Gasteiger partial charge < -0.3 is 29.0 Å². The van der Waals surface area contributed by atoms with E-state index in [-0.39, 0.29) is 12.7 Å². The second-order valence-corrected chi connectivity index (χ2v) is 8.18. The molecule has 0 aliphatic carbocycles. The number of nitrogens with one attached hydrogen (secondary N) is 1. The van der Waals surface area contributed by atoms with Gasteiger partial charge in [-0.1, -0.05) is 24.3 Å². The molecule has 1 aromatic heterocycles. The number of aromatic nitrogens is 1. The van der Waals surface area contributed by atoms with Gasteiger partial charge in [-0.15, -0.1) is 0 Å². The molecular formula is C28H26N2O6. The lowest BCUT2D eigenvalue weighted by Gasteiger charge is -2.15. The molecule has 8 nitrogen and oxygen atoms in total. The molecule has 0 unspecified atom stereocenters. The Morgan fingerprint density at radius 1 is 0.917 bits per heavy atom. The maximum absolute atomic E-state index is 13.3. The first-order valence-electron chi connectivity index (χ1n) is 11.5. The summed E-state index contributed by atoms with van der Waals surface area (Å²) in [6.07, 6.45) is 0.658. The number of benzene rings is 3. The fraction of sp³-hybridized carbons (Fsp3) is 0.214. The second-order valence-electron chi connectivity index (χ2n) is 8.18. The number of hydrogen-bond acceptors (Lipinski definition) is 7. The van der Waals surface area contributed by atoms with Crippen molar-refractivity contribution >= 4 is 16.8 Å². The highest BCUT2D eigenvalue weighted by molar-refractivity contribution is 6.07. The molecule has 4 aromatic rings. The van der Waals surface area contributed by atoms with E-state index in [0.29, 0.717) is 47.0 Å². The molecular weight excluding hydrogens is 460 g/mol. The lowest BCUT2D eigenvalue weighted by molar-refractivity contribution is 0.0955. The van der Waals surface area contributed by atoms with E-state index in [1.807, 2.05) is 54.6 Å². The SMILES string of the molecule is COc1cc(-c2cc(C(=O)NCCc3ccc4c(c3)OCO4)c3ccccc3n2)cc(OC)c1OC. The van der Waals surface area contributed by atoms with E-state index in [4.69, 9.17) is 28.7 Å². The van der Waals surface area contributed by atoms with Gasteiger partial charge in [0, 0.05) is 17.5 Å². The summed E-state index contributed by atoms with van der Waals surface area (Å²) < 4.78 is 27.2. The number of amides is 1. The predicted molar refractivity (Wildman–Crippen MR) is 135 cm³/mol. The van der Waals surface area contributed by atoms with Gasteiger partial charge in [0.05, 0.1) is 38.1 Å². The zero-order valence-corrected chi connectivity index (χ0v) is 20.3. The van der Waals surface area contributed by atoms with Gasteiger partial charge in [-0.25, -0.2) is 4.98 Å². The number of pyridine rings is 1. The Kier molecular flexibility index (Phi) is 6.49. The van der Waals surface area contributed by atoms with Crippen molar-refractivity contribution in [2.45, 2.75) is 6.42 Å². The van der Waals surface area contributed by atoms with Crippen LogP contribution >= 0.6 is 0 Å². The van der Waals surface area contributed by atoms with Crippen LogP contribution in [0.1, 0.15) is 15.9 Å². The smallest absolute Gasteiger partial charge is 0.252 e. The van der Waals surface area contributed by atoms with Gasteiger partial charge in [0.1, 0.15) is 0 Å². The van der Waals surface area contributed by atoms with Crippen LogP contribution in [0, 0.1) is 0 Å². The molecule has 1 amide bonds. The van der Waals surface area contributed by atoms with Gasteiger partial charge in [0.2, 0.25) is 12.5 Å². The fourth-order valence-electron chi connectivity index (χ4n) is 4.25. The minimum absolute atomic E-state index is 0.178. The summed E-state index contributed by atoms with van der Waals surface area (Å²) in [5, 5.41) is 3.81. The van der Waals surface area contributed by atoms with Crippen molar-refractivity contribution in [3.05, 3.63) is 71.8 Å². The van der Waals surface area contributed by atoms with E-state index < -0.39 is 0 Å². The highest BCUT2D eigenvalue weighted by Crippen LogP contribution is 2.41. The Bertz CT molecular complexity index is 1410. The van der Waals surface area contributed by atoms with Crippen LogP contribution in [0.4, 0.5) is 0 Å². The zero-order chi connectivity index (χ0) is 25.1. The Labute approximate surface area is 208 Å². The molecule has 8 heteroatoms. The summed E-state index contributed by atoms with van der Waals surface area (Å²) >= 11 is 0. The van der Waals surface area contributed by atoms with E-state index in [1.54, 1.807) is 27.4 Å². The summed E-state index contributed by atoms with van der Waals surface area (Å²) in [6, 6.07) is 18.8. The zero-order valence-electron chi connectivity index (χ0n) is 20.3. The molecule has 1 aliphatic rings. The largest absolute Gasteiger partial charge is 0.493 e. The van der Waals surface area contributed by atoms with Crippen LogP contribution in [-0.4, -0.2) is 45.6 Å². The van der Waals surface area contributed by atoms with Crippen molar-refractivity contribution in [3.8, 4) is 40.0 Å². The number of nitrogens with zero attached hydrogens (tertiary/aromatic N) is 1. The summed E-state index contributed by atoms with van der Waals surface area (Å²) in [7, 11) is 4.68. The maximum Gasteiger partial charge on any atom is 0.252 e. The van der Waals surface area contributed by atoms with Crippen molar-refractivity contribution in [1.29, 1.82) is 0 Å². The molecule has 0 bridgehead atoms. The third kappa shape index (κ3) is 4.45. The molecule has 3 aromatic carbocycles. The monoisotopic (exact) mass is 486 g/mol. The Balaban J connectivity index is 1.44. The minimum Gasteiger partial charge on any atom is -0.493 e. The van der Waals surface area contributed by atoms with Gasteiger partial charge in [-0.2, -0.15) is 0 Å². The van der Waals surface area contributed by atoms with Gasteiger partial charge >= 0.3 is 0 Å². The van der Waals surface area contributed by atoms with Crippen LogP contribution < -0.4 is 29.0 Å². The van der Waals surface area contributed by atoms with Crippen molar-refractivity contribution in [1.82, 2.24) is 10.3 Å². The van der Waals surface area contributed by atoms with Crippen LogP contribution in [-0.2, 0) is 6.42 Å². The van der Waals surface area contributed by atoms with E-state index in [9.17, 15) is 4.79 Å². The Morgan fingerprint density at radius 3 is 2.42 bits per heavy atom. The van der Waals surface area contributed by atoms with Crippen LogP contribution in [0.25, 0.3) is 22.2 Å². The van der Waals surface area contributed by atoms with Crippen LogP contribution in [0.3, 0.4) is 0 Å². The third-order valence-electron chi connectivity index (χ3n) is 6.06. The molecule has 0 saturated heterocycles. The quantitative estimate of drug-likeness (QED) is 0.389. The first kappa shape index (κ1) is 23.3. The summed E-state index contributed by atoms with van der Waals surface area (Å²) in [5.41, 5.74) is 3.66. The summed E-state index contributed by atoms with van der Waals surface area (Å²) in [6.45, 7) is 0.702. The highest BCUT2D eigenvalue weighted by Gasteiger charge is 2.18. The van der Waals surface area contributed by atoms with Crippen molar-refractivity contribution in [2.24, 2.45) is 0 Å². The van der Waals surface area contributed by atoms with Crippen molar-refractivity contribution in [3.63, 3.8) is 0 Å². The standard InChI is InChI=1S/C28H26N2O6/c1-32-25-13-18(14-26(33-2)27(25)34-3)22-15-20(19-6-4-5-7-21(19)30-22)28(31)29-11-10-17-8-9-23-24(12-17)36-16-35-23/h4-9,12-15H,10-11,16H2,1-3H3,(H,29,31).